The molecule has 0 amide bonds. The number of esters is 1. The third-order valence-electron chi connectivity index (χ3n) is 2.34. The number of halogens is 2. The minimum Gasteiger partial charge on any atom is -0.460 e. The molecule has 16 heavy (non-hydrogen) atoms. The lowest BCUT2D eigenvalue weighted by Crippen LogP contribution is -2.30. The molecule has 0 heterocycles. The highest BCUT2D eigenvalue weighted by atomic mass is 19.3. The fraction of sp³-hybridized carbons (Fsp3) is 0.417. The normalized spacial score (nSPS) is 13.2. The van der Waals surface area contributed by atoms with Gasteiger partial charge in [-0.3, -0.25) is 4.79 Å². The summed E-state index contributed by atoms with van der Waals surface area (Å²) < 4.78 is 30.4. The van der Waals surface area contributed by atoms with Crippen LogP contribution in [0.4, 0.5) is 8.78 Å². The Kier molecular flexibility index (Phi) is 3.99. The van der Waals surface area contributed by atoms with Crippen molar-refractivity contribution in [3.05, 3.63) is 35.9 Å². The largest absolute Gasteiger partial charge is 0.460 e. The third kappa shape index (κ3) is 3.61. The second-order valence-corrected chi connectivity index (χ2v) is 3.77. The summed E-state index contributed by atoms with van der Waals surface area (Å²) in [6.45, 7) is 1.90. The molecule has 0 bridgehead atoms. The summed E-state index contributed by atoms with van der Waals surface area (Å²) >= 11 is 0. The van der Waals surface area contributed by atoms with Crippen molar-refractivity contribution in [2.45, 2.75) is 26.4 Å². The average Bonchev–Trinajstić information content (AvgIpc) is 2.25. The van der Waals surface area contributed by atoms with Crippen LogP contribution in [-0.2, 0) is 16.1 Å². The molecule has 1 aromatic rings. The van der Waals surface area contributed by atoms with Crippen LogP contribution in [0.2, 0.25) is 0 Å². The van der Waals surface area contributed by atoms with Crippen LogP contribution in [0.5, 0.6) is 0 Å². The molecule has 1 rings (SSSR count). The summed E-state index contributed by atoms with van der Waals surface area (Å²) in [7, 11) is 0. The Morgan fingerprint density at radius 2 is 1.94 bits per heavy atom. The van der Waals surface area contributed by atoms with Gasteiger partial charge >= 0.3 is 5.97 Å². The van der Waals surface area contributed by atoms with E-state index < -0.39 is 17.8 Å². The minimum atomic E-state index is -3.05. The van der Waals surface area contributed by atoms with Crippen LogP contribution in [-0.4, -0.2) is 11.9 Å². The quantitative estimate of drug-likeness (QED) is 0.740. The molecule has 1 aromatic carbocycles. The second-order valence-electron chi connectivity index (χ2n) is 3.77. The first-order chi connectivity index (χ1) is 7.41. The molecule has 88 valence electrons. The number of hydrogen-bond donors (Lipinski definition) is 0. The van der Waals surface area contributed by atoms with E-state index in [1.54, 1.807) is 24.3 Å². The summed E-state index contributed by atoms with van der Waals surface area (Å²) in [4.78, 5) is 11.3. The van der Waals surface area contributed by atoms with E-state index in [1.807, 2.05) is 6.07 Å². The van der Waals surface area contributed by atoms with Crippen LogP contribution >= 0.6 is 0 Å². The van der Waals surface area contributed by atoms with Crippen molar-refractivity contribution < 1.29 is 18.3 Å². The number of hydrogen-bond acceptors (Lipinski definition) is 2. The lowest BCUT2D eigenvalue weighted by molar-refractivity contribution is -0.161. The van der Waals surface area contributed by atoms with Gasteiger partial charge in [-0.2, -0.15) is 0 Å². The van der Waals surface area contributed by atoms with Gasteiger partial charge in [-0.05, 0) is 12.5 Å². The molecule has 0 unspecified atom stereocenters. The fourth-order valence-corrected chi connectivity index (χ4v) is 1.06. The van der Waals surface area contributed by atoms with Gasteiger partial charge in [0.2, 0.25) is 0 Å². The van der Waals surface area contributed by atoms with Gasteiger partial charge in [0.05, 0.1) is 0 Å². The van der Waals surface area contributed by atoms with Crippen molar-refractivity contribution in [3.8, 4) is 0 Å². The number of carbonyl (C=O) groups excluding carboxylic acids is 1. The molecule has 0 spiro atoms. The molecule has 4 heteroatoms. The summed E-state index contributed by atoms with van der Waals surface area (Å²) in [5.41, 5.74) is 0.780. The molecule has 0 saturated carbocycles. The summed E-state index contributed by atoms with van der Waals surface area (Å²) in [6.07, 6.45) is 0. The smallest absolute Gasteiger partial charge is 0.315 e. The zero-order valence-electron chi connectivity index (χ0n) is 9.24. The first kappa shape index (κ1) is 12.6. The zero-order valence-corrected chi connectivity index (χ0v) is 9.24. The molecule has 0 aliphatic carbocycles. The highest BCUT2D eigenvalue weighted by molar-refractivity contribution is 5.73. The maximum Gasteiger partial charge on any atom is 0.315 e. The van der Waals surface area contributed by atoms with Crippen molar-refractivity contribution in [1.29, 1.82) is 0 Å². The molecule has 0 fully saturated rings. The number of alkyl halides is 2. The SMILES string of the molecule is C[C@H](C(=O)OCc1ccccc1)C(C)(F)F. The number of ether oxygens (including phenoxy) is 1. The van der Waals surface area contributed by atoms with Crippen LogP contribution in [0.3, 0.4) is 0 Å². The van der Waals surface area contributed by atoms with Crippen molar-refractivity contribution in [2.24, 2.45) is 5.92 Å². The highest BCUT2D eigenvalue weighted by Gasteiger charge is 2.36. The number of benzene rings is 1. The summed E-state index contributed by atoms with van der Waals surface area (Å²) in [5.74, 6) is -5.35. The minimum absolute atomic E-state index is 0.0279. The van der Waals surface area contributed by atoms with E-state index in [4.69, 9.17) is 4.74 Å². The average molecular weight is 228 g/mol. The number of rotatable bonds is 4. The standard InChI is InChI=1S/C12H14F2O2/c1-9(12(2,13)14)11(15)16-8-10-6-4-3-5-7-10/h3-7,9H,8H2,1-2H3/t9-/m1/s1. The molecule has 1 atom stereocenters. The first-order valence-electron chi connectivity index (χ1n) is 4.99. The molecule has 0 radical (unpaired) electrons. The van der Waals surface area contributed by atoms with Crippen LogP contribution in [0, 0.1) is 5.92 Å². The maximum absolute atomic E-state index is 12.8. The van der Waals surface area contributed by atoms with E-state index in [9.17, 15) is 13.6 Å². The Morgan fingerprint density at radius 3 is 2.44 bits per heavy atom. The van der Waals surface area contributed by atoms with Crippen LogP contribution < -0.4 is 0 Å². The molecule has 0 aliphatic rings. The second kappa shape index (κ2) is 5.05. The van der Waals surface area contributed by atoms with Gasteiger partial charge in [0.1, 0.15) is 12.5 Å². The predicted octanol–water partition coefficient (Wildman–Crippen LogP) is 3.02. The van der Waals surface area contributed by atoms with E-state index >= 15 is 0 Å². The predicted molar refractivity (Wildman–Crippen MR) is 56.0 cm³/mol. The lowest BCUT2D eigenvalue weighted by Gasteiger charge is -2.17. The van der Waals surface area contributed by atoms with Crippen LogP contribution in [0.25, 0.3) is 0 Å². The number of carbonyl (C=O) groups is 1. The molecule has 0 aliphatic heterocycles. The van der Waals surface area contributed by atoms with E-state index in [1.165, 1.54) is 0 Å². The summed E-state index contributed by atoms with van der Waals surface area (Å²) in [5, 5.41) is 0. The van der Waals surface area contributed by atoms with Crippen molar-refractivity contribution in [3.63, 3.8) is 0 Å². The Balaban J connectivity index is 2.48. The molecular weight excluding hydrogens is 214 g/mol. The van der Waals surface area contributed by atoms with Gasteiger partial charge in [0.15, 0.2) is 0 Å². The fourth-order valence-electron chi connectivity index (χ4n) is 1.06. The van der Waals surface area contributed by atoms with E-state index in [0.717, 1.165) is 12.5 Å². The Bertz CT molecular complexity index is 344. The summed E-state index contributed by atoms with van der Waals surface area (Å²) in [6, 6.07) is 8.94. The Labute approximate surface area is 93.2 Å². The van der Waals surface area contributed by atoms with E-state index in [0.29, 0.717) is 6.92 Å². The van der Waals surface area contributed by atoms with Gasteiger partial charge in [-0.1, -0.05) is 30.3 Å². The van der Waals surface area contributed by atoms with Gasteiger partial charge in [0, 0.05) is 6.92 Å². The Morgan fingerprint density at radius 1 is 1.38 bits per heavy atom. The molecule has 2 nitrogen and oxygen atoms in total. The van der Waals surface area contributed by atoms with Crippen LogP contribution in [0.15, 0.2) is 30.3 Å². The molecule has 0 saturated heterocycles. The van der Waals surface area contributed by atoms with E-state index in [-0.39, 0.29) is 6.61 Å². The van der Waals surface area contributed by atoms with Gasteiger partial charge in [-0.15, -0.1) is 0 Å². The van der Waals surface area contributed by atoms with Crippen molar-refractivity contribution in [2.75, 3.05) is 0 Å². The third-order valence-corrected chi connectivity index (χ3v) is 2.34. The van der Waals surface area contributed by atoms with Gasteiger partial charge < -0.3 is 4.74 Å². The monoisotopic (exact) mass is 228 g/mol. The van der Waals surface area contributed by atoms with Crippen LogP contribution in [0.1, 0.15) is 19.4 Å². The maximum atomic E-state index is 12.8. The Hall–Kier alpha value is -1.45. The van der Waals surface area contributed by atoms with Gasteiger partial charge in [-0.25, -0.2) is 8.78 Å². The topological polar surface area (TPSA) is 26.3 Å². The molecule has 0 aromatic heterocycles. The van der Waals surface area contributed by atoms with Gasteiger partial charge in [0.25, 0.3) is 5.92 Å². The van der Waals surface area contributed by atoms with Crippen molar-refractivity contribution in [1.82, 2.24) is 0 Å². The van der Waals surface area contributed by atoms with E-state index in [2.05, 4.69) is 0 Å². The highest BCUT2D eigenvalue weighted by Crippen LogP contribution is 2.24. The lowest BCUT2D eigenvalue weighted by atomic mass is 10.1. The van der Waals surface area contributed by atoms with Crippen molar-refractivity contribution >= 4 is 5.97 Å². The molecule has 0 N–H and O–H groups in total. The zero-order chi connectivity index (χ0) is 12.2. The first-order valence-corrected chi connectivity index (χ1v) is 4.99. The molecular formula is C12H14F2O2.